The van der Waals surface area contributed by atoms with Crippen LogP contribution in [-0.4, -0.2) is 12.2 Å². The van der Waals surface area contributed by atoms with Crippen LogP contribution in [0.25, 0.3) is 0 Å². The predicted octanol–water partition coefficient (Wildman–Crippen LogP) is 3.02. The number of fused-ring (bicyclic) bond motifs is 1. The molecule has 0 bridgehead atoms. The van der Waals surface area contributed by atoms with Crippen LogP contribution >= 0.6 is 0 Å². The van der Waals surface area contributed by atoms with Crippen LogP contribution in [0.1, 0.15) is 43.2 Å². The summed E-state index contributed by atoms with van der Waals surface area (Å²) in [6, 6.07) is 6.15. The maximum absolute atomic E-state index is 11.0. The zero-order valence-corrected chi connectivity index (χ0v) is 10.4. The number of hydrogen-bond donors (Lipinski definition) is 1. The van der Waals surface area contributed by atoms with E-state index in [9.17, 15) is 5.11 Å². The van der Waals surface area contributed by atoms with Gasteiger partial charge in [0.1, 0.15) is 5.75 Å². The molecule has 0 spiro atoms. The van der Waals surface area contributed by atoms with Crippen molar-refractivity contribution in [1.29, 1.82) is 0 Å². The minimum atomic E-state index is -0.583. The van der Waals surface area contributed by atoms with Crippen LogP contribution in [-0.2, 0) is 12.0 Å². The van der Waals surface area contributed by atoms with Gasteiger partial charge in [-0.2, -0.15) is 0 Å². The van der Waals surface area contributed by atoms with E-state index in [1.807, 2.05) is 12.1 Å². The molecule has 0 heterocycles. The molecular formula is C15H20O2. The molecule has 1 aromatic carbocycles. The third-order valence-electron chi connectivity index (χ3n) is 4.59. The van der Waals surface area contributed by atoms with Gasteiger partial charge in [-0.3, -0.25) is 0 Å². The highest BCUT2D eigenvalue weighted by molar-refractivity contribution is 5.43. The van der Waals surface area contributed by atoms with E-state index < -0.39 is 5.60 Å². The van der Waals surface area contributed by atoms with E-state index in [1.54, 1.807) is 7.11 Å². The molecule has 1 atom stereocenters. The van der Waals surface area contributed by atoms with Gasteiger partial charge in [0, 0.05) is 0 Å². The highest BCUT2D eigenvalue weighted by Gasteiger charge is 2.44. The van der Waals surface area contributed by atoms with Gasteiger partial charge in [0.2, 0.25) is 0 Å². The molecule has 2 aliphatic rings. The molecule has 3 rings (SSSR count). The number of methoxy groups -OCH3 is 1. The molecule has 1 N–H and O–H groups in total. The SMILES string of the molecule is COc1ccc2c(c1)C(O)(C1CCCC1)CC2. The van der Waals surface area contributed by atoms with E-state index in [4.69, 9.17) is 4.74 Å². The molecule has 1 aromatic rings. The highest BCUT2D eigenvalue weighted by atomic mass is 16.5. The molecule has 1 fully saturated rings. The Morgan fingerprint density at radius 1 is 1.29 bits per heavy atom. The van der Waals surface area contributed by atoms with Crippen molar-refractivity contribution in [3.63, 3.8) is 0 Å². The Bertz CT molecular complexity index is 421. The Labute approximate surface area is 103 Å². The Balaban J connectivity index is 2.00. The zero-order valence-electron chi connectivity index (χ0n) is 10.4. The van der Waals surface area contributed by atoms with Crippen molar-refractivity contribution in [1.82, 2.24) is 0 Å². The van der Waals surface area contributed by atoms with Crippen LogP contribution in [0.4, 0.5) is 0 Å². The standard InChI is InChI=1S/C15H20O2/c1-17-13-7-6-11-8-9-15(16,14(11)10-13)12-4-2-3-5-12/h6-7,10,12,16H,2-5,8-9H2,1H3. The first kappa shape index (κ1) is 11.1. The molecular weight excluding hydrogens is 212 g/mol. The number of ether oxygens (including phenoxy) is 1. The second kappa shape index (κ2) is 4.02. The van der Waals surface area contributed by atoms with E-state index >= 15 is 0 Å². The fraction of sp³-hybridized carbons (Fsp3) is 0.600. The first-order valence-electron chi connectivity index (χ1n) is 6.64. The molecule has 1 saturated carbocycles. The van der Waals surface area contributed by atoms with Gasteiger partial charge in [-0.25, -0.2) is 0 Å². The largest absolute Gasteiger partial charge is 0.497 e. The second-order valence-corrected chi connectivity index (χ2v) is 5.43. The Morgan fingerprint density at radius 3 is 2.76 bits per heavy atom. The molecule has 1 unspecified atom stereocenters. The lowest BCUT2D eigenvalue weighted by molar-refractivity contribution is -0.0201. The molecule has 0 saturated heterocycles. The molecule has 0 aliphatic heterocycles. The molecule has 2 heteroatoms. The summed E-state index contributed by atoms with van der Waals surface area (Å²) in [6.45, 7) is 0. The Morgan fingerprint density at radius 2 is 2.06 bits per heavy atom. The average molecular weight is 232 g/mol. The van der Waals surface area contributed by atoms with Crippen LogP contribution in [0.3, 0.4) is 0 Å². The van der Waals surface area contributed by atoms with Gasteiger partial charge in [-0.15, -0.1) is 0 Å². The average Bonchev–Trinajstić information content (AvgIpc) is 2.98. The molecule has 17 heavy (non-hydrogen) atoms. The molecule has 2 aliphatic carbocycles. The molecule has 0 radical (unpaired) electrons. The lowest BCUT2D eigenvalue weighted by Crippen LogP contribution is -2.31. The van der Waals surface area contributed by atoms with Gasteiger partial charge in [-0.1, -0.05) is 18.9 Å². The predicted molar refractivity (Wildman–Crippen MR) is 67.2 cm³/mol. The first-order valence-corrected chi connectivity index (χ1v) is 6.64. The summed E-state index contributed by atoms with van der Waals surface area (Å²) < 4.78 is 5.28. The normalized spacial score (nSPS) is 28.4. The molecule has 92 valence electrons. The van der Waals surface area contributed by atoms with Gasteiger partial charge in [0.15, 0.2) is 0 Å². The van der Waals surface area contributed by atoms with E-state index in [-0.39, 0.29) is 0 Å². The van der Waals surface area contributed by atoms with E-state index in [2.05, 4.69) is 6.07 Å². The number of benzene rings is 1. The fourth-order valence-electron chi connectivity index (χ4n) is 3.59. The van der Waals surface area contributed by atoms with Gasteiger partial charge in [0.05, 0.1) is 12.7 Å². The maximum atomic E-state index is 11.0. The van der Waals surface area contributed by atoms with E-state index in [1.165, 1.54) is 31.2 Å². The summed E-state index contributed by atoms with van der Waals surface area (Å²) in [5, 5.41) is 11.0. The summed E-state index contributed by atoms with van der Waals surface area (Å²) in [4.78, 5) is 0. The maximum Gasteiger partial charge on any atom is 0.119 e. The van der Waals surface area contributed by atoms with Crippen molar-refractivity contribution in [3.8, 4) is 5.75 Å². The quantitative estimate of drug-likeness (QED) is 0.849. The van der Waals surface area contributed by atoms with E-state index in [0.29, 0.717) is 5.92 Å². The molecule has 2 nitrogen and oxygen atoms in total. The van der Waals surface area contributed by atoms with Crippen molar-refractivity contribution < 1.29 is 9.84 Å². The number of aliphatic hydroxyl groups is 1. The summed E-state index contributed by atoms with van der Waals surface area (Å²) in [7, 11) is 1.69. The summed E-state index contributed by atoms with van der Waals surface area (Å²) in [5.74, 6) is 1.32. The second-order valence-electron chi connectivity index (χ2n) is 5.43. The van der Waals surface area contributed by atoms with Crippen LogP contribution in [0.5, 0.6) is 5.75 Å². The summed E-state index contributed by atoms with van der Waals surface area (Å²) in [6.07, 6.45) is 6.78. The first-order chi connectivity index (χ1) is 8.24. The van der Waals surface area contributed by atoms with Crippen LogP contribution in [0.2, 0.25) is 0 Å². The van der Waals surface area contributed by atoms with Gasteiger partial charge < -0.3 is 9.84 Å². The lowest BCUT2D eigenvalue weighted by Gasteiger charge is -2.31. The van der Waals surface area contributed by atoms with Crippen molar-refractivity contribution in [3.05, 3.63) is 29.3 Å². The van der Waals surface area contributed by atoms with Crippen molar-refractivity contribution in [2.75, 3.05) is 7.11 Å². The molecule has 0 amide bonds. The Hall–Kier alpha value is -1.02. The lowest BCUT2D eigenvalue weighted by atomic mass is 9.81. The number of rotatable bonds is 2. The third-order valence-corrected chi connectivity index (χ3v) is 4.59. The van der Waals surface area contributed by atoms with Gasteiger partial charge in [-0.05, 0) is 54.9 Å². The minimum Gasteiger partial charge on any atom is -0.497 e. The fourth-order valence-corrected chi connectivity index (χ4v) is 3.59. The smallest absolute Gasteiger partial charge is 0.119 e. The van der Waals surface area contributed by atoms with Crippen molar-refractivity contribution >= 4 is 0 Å². The van der Waals surface area contributed by atoms with Crippen LogP contribution < -0.4 is 4.74 Å². The molecule has 0 aromatic heterocycles. The van der Waals surface area contributed by atoms with Crippen molar-refractivity contribution in [2.24, 2.45) is 5.92 Å². The van der Waals surface area contributed by atoms with Gasteiger partial charge >= 0.3 is 0 Å². The topological polar surface area (TPSA) is 29.5 Å². The summed E-state index contributed by atoms with van der Waals surface area (Å²) in [5.41, 5.74) is 1.85. The minimum absolute atomic E-state index is 0.454. The van der Waals surface area contributed by atoms with Crippen LogP contribution in [0, 0.1) is 5.92 Å². The highest BCUT2D eigenvalue weighted by Crippen LogP contribution is 2.48. The third kappa shape index (κ3) is 1.66. The summed E-state index contributed by atoms with van der Waals surface area (Å²) >= 11 is 0. The van der Waals surface area contributed by atoms with Crippen molar-refractivity contribution in [2.45, 2.75) is 44.1 Å². The zero-order chi connectivity index (χ0) is 11.9. The Kier molecular flexibility index (Phi) is 2.62. The monoisotopic (exact) mass is 232 g/mol. The van der Waals surface area contributed by atoms with Crippen LogP contribution in [0.15, 0.2) is 18.2 Å². The number of aryl methyl sites for hydroxylation is 1. The van der Waals surface area contributed by atoms with E-state index in [0.717, 1.165) is 24.2 Å². The number of hydrogen-bond acceptors (Lipinski definition) is 2. The van der Waals surface area contributed by atoms with Gasteiger partial charge in [0.25, 0.3) is 0 Å².